The summed E-state index contributed by atoms with van der Waals surface area (Å²) in [6, 6.07) is 3.80. The van der Waals surface area contributed by atoms with E-state index in [1.54, 1.807) is 6.26 Å². The van der Waals surface area contributed by atoms with Crippen LogP contribution in [0.4, 0.5) is 0 Å². The van der Waals surface area contributed by atoms with Crippen molar-refractivity contribution in [3.05, 3.63) is 24.2 Å². The standard InChI is InChI=1S/C21H28N2O3/c24-18-4-7-20(15-23(18)14-16-3-1-12-26-16)8-10-22(11-9-20)19(25)17-13-21(17)5-2-6-21/h1,3,12,17H,2,4-11,13-15H2/t17-/m0/s1. The third kappa shape index (κ3) is 2.67. The van der Waals surface area contributed by atoms with Crippen LogP contribution in [0.3, 0.4) is 0 Å². The van der Waals surface area contributed by atoms with Crippen molar-refractivity contribution in [2.75, 3.05) is 19.6 Å². The molecule has 0 bridgehead atoms. The minimum Gasteiger partial charge on any atom is -0.467 e. The molecule has 1 atom stereocenters. The lowest BCUT2D eigenvalue weighted by molar-refractivity contribution is -0.144. The first-order valence-electron chi connectivity index (χ1n) is 10.2. The lowest BCUT2D eigenvalue weighted by Crippen LogP contribution is -2.52. The van der Waals surface area contributed by atoms with Gasteiger partial charge in [0, 0.05) is 32.0 Å². The van der Waals surface area contributed by atoms with Crippen molar-refractivity contribution < 1.29 is 14.0 Å². The fraction of sp³-hybridized carbons (Fsp3) is 0.714. The second-order valence-corrected chi connectivity index (χ2v) is 9.13. The number of carbonyl (C=O) groups is 2. The van der Waals surface area contributed by atoms with Crippen molar-refractivity contribution in [1.29, 1.82) is 0 Å². The van der Waals surface area contributed by atoms with Crippen molar-refractivity contribution in [3.8, 4) is 0 Å². The summed E-state index contributed by atoms with van der Waals surface area (Å²) in [6.45, 7) is 3.12. The number of hydrogen-bond donors (Lipinski definition) is 0. The zero-order valence-corrected chi connectivity index (χ0v) is 15.4. The molecule has 2 saturated carbocycles. The Morgan fingerprint density at radius 2 is 2.00 bits per heavy atom. The lowest BCUT2D eigenvalue weighted by atomic mass is 9.72. The summed E-state index contributed by atoms with van der Waals surface area (Å²) >= 11 is 0. The molecular formula is C21H28N2O3. The summed E-state index contributed by atoms with van der Waals surface area (Å²) < 4.78 is 5.43. The third-order valence-corrected chi connectivity index (χ3v) is 7.65. The Hall–Kier alpha value is -1.78. The van der Waals surface area contributed by atoms with Gasteiger partial charge in [0.05, 0.1) is 12.8 Å². The van der Waals surface area contributed by atoms with Crippen molar-refractivity contribution in [3.63, 3.8) is 0 Å². The molecule has 5 rings (SSSR count). The molecule has 5 heteroatoms. The molecule has 2 saturated heterocycles. The molecule has 26 heavy (non-hydrogen) atoms. The molecule has 1 aromatic heterocycles. The van der Waals surface area contributed by atoms with Crippen LogP contribution in [0.5, 0.6) is 0 Å². The maximum atomic E-state index is 12.8. The molecule has 2 amide bonds. The maximum absolute atomic E-state index is 12.8. The van der Waals surface area contributed by atoms with Crippen molar-refractivity contribution in [1.82, 2.24) is 9.80 Å². The van der Waals surface area contributed by atoms with Gasteiger partial charge in [-0.05, 0) is 61.5 Å². The van der Waals surface area contributed by atoms with Crippen LogP contribution in [0.25, 0.3) is 0 Å². The molecule has 5 nitrogen and oxygen atoms in total. The molecule has 0 radical (unpaired) electrons. The average Bonchev–Trinajstić information content (AvgIpc) is 3.21. The Morgan fingerprint density at radius 3 is 2.62 bits per heavy atom. The van der Waals surface area contributed by atoms with Gasteiger partial charge in [0.2, 0.25) is 11.8 Å². The quantitative estimate of drug-likeness (QED) is 0.836. The predicted molar refractivity (Wildman–Crippen MR) is 96.0 cm³/mol. The number of rotatable bonds is 3. The van der Waals surface area contributed by atoms with Crippen molar-refractivity contribution in [2.45, 2.75) is 57.9 Å². The maximum Gasteiger partial charge on any atom is 0.226 e. The predicted octanol–water partition coefficient (Wildman–Crippen LogP) is 3.20. The number of likely N-dealkylation sites (tertiary alicyclic amines) is 2. The summed E-state index contributed by atoms with van der Waals surface area (Å²) in [5.74, 6) is 1.82. The van der Waals surface area contributed by atoms with E-state index in [1.807, 2.05) is 17.0 Å². The summed E-state index contributed by atoms with van der Waals surface area (Å²) in [5.41, 5.74) is 0.609. The number of piperidine rings is 2. The van der Waals surface area contributed by atoms with Crippen molar-refractivity contribution >= 4 is 11.8 Å². The van der Waals surface area contributed by atoms with Gasteiger partial charge in [-0.15, -0.1) is 0 Å². The Labute approximate surface area is 154 Å². The van der Waals surface area contributed by atoms with Crippen LogP contribution >= 0.6 is 0 Å². The van der Waals surface area contributed by atoms with Crippen LogP contribution < -0.4 is 0 Å². The van der Waals surface area contributed by atoms with E-state index in [4.69, 9.17) is 4.42 Å². The molecule has 4 aliphatic rings. The highest BCUT2D eigenvalue weighted by molar-refractivity contribution is 5.83. The fourth-order valence-electron chi connectivity index (χ4n) is 5.55. The number of hydrogen-bond acceptors (Lipinski definition) is 3. The zero-order chi connectivity index (χ0) is 17.8. The highest BCUT2D eigenvalue weighted by atomic mass is 16.3. The normalized spacial score (nSPS) is 29.1. The molecule has 3 heterocycles. The SMILES string of the molecule is O=C1CCC2(CCN(C(=O)[C@@H]3CC34CCC4)CC2)CN1Cc1ccco1. The van der Waals surface area contributed by atoms with E-state index < -0.39 is 0 Å². The second-order valence-electron chi connectivity index (χ2n) is 9.13. The Morgan fingerprint density at radius 1 is 1.19 bits per heavy atom. The van der Waals surface area contributed by atoms with E-state index >= 15 is 0 Å². The fourth-order valence-corrected chi connectivity index (χ4v) is 5.55. The molecule has 4 fully saturated rings. The number of nitrogens with zero attached hydrogens (tertiary/aromatic N) is 2. The molecular weight excluding hydrogens is 328 g/mol. The van der Waals surface area contributed by atoms with E-state index in [9.17, 15) is 9.59 Å². The van der Waals surface area contributed by atoms with E-state index in [2.05, 4.69) is 4.90 Å². The summed E-state index contributed by atoms with van der Waals surface area (Å²) in [5, 5.41) is 0. The van der Waals surface area contributed by atoms with Gasteiger partial charge in [-0.25, -0.2) is 0 Å². The van der Waals surface area contributed by atoms with Gasteiger partial charge in [-0.3, -0.25) is 9.59 Å². The Balaban J connectivity index is 1.20. The van der Waals surface area contributed by atoms with Crippen LogP contribution in [0, 0.1) is 16.7 Å². The molecule has 2 aliphatic heterocycles. The first-order valence-corrected chi connectivity index (χ1v) is 10.2. The van der Waals surface area contributed by atoms with E-state index in [0.717, 1.165) is 51.1 Å². The molecule has 0 unspecified atom stereocenters. The van der Waals surface area contributed by atoms with Gasteiger partial charge in [0.1, 0.15) is 5.76 Å². The van der Waals surface area contributed by atoms with E-state index in [0.29, 0.717) is 30.2 Å². The monoisotopic (exact) mass is 356 g/mol. The Kier molecular flexibility index (Phi) is 3.70. The first kappa shape index (κ1) is 16.4. The second kappa shape index (κ2) is 5.86. The van der Waals surface area contributed by atoms with Gasteiger partial charge in [0.25, 0.3) is 0 Å². The topological polar surface area (TPSA) is 53.8 Å². The van der Waals surface area contributed by atoms with Crippen LogP contribution in [0.1, 0.15) is 57.1 Å². The summed E-state index contributed by atoms with van der Waals surface area (Å²) in [7, 11) is 0. The minimum atomic E-state index is 0.189. The number of carbonyl (C=O) groups excluding carboxylic acids is 2. The van der Waals surface area contributed by atoms with Gasteiger partial charge in [-0.2, -0.15) is 0 Å². The summed E-state index contributed by atoms with van der Waals surface area (Å²) in [6.07, 6.45) is 10.3. The molecule has 140 valence electrons. The van der Waals surface area contributed by atoms with Crippen LogP contribution in [-0.4, -0.2) is 41.2 Å². The van der Waals surface area contributed by atoms with Crippen LogP contribution in [-0.2, 0) is 16.1 Å². The Bertz CT molecular complexity index is 699. The van der Waals surface area contributed by atoms with E-state index in [1.165, 1.54) is 19.3 Å². The van der Waals surface area contributed by atoms with E-state index in [-0.39, 0.29) is 11.3 Å². The van der Waals surface area contributed by atoms with Gasteiger partial charge >= 0.3 is 0 Å². The lowest BCUT2D eigenvalue weighted by Gasteiger charge is -2.47. The minimum absolute atomic E-state index is 0.189. The zero-order valence-electron chi connectivity index (χ0n) is 15.4. The highest BCUT2D eigenvalue weighted by Crippen LogP contribution is 2.66. The molecule has 2 aliphatic carbocycles. The van der Waals surface area contributed by atoms with Gasteiger partial charge in [-0.1, -0.05) is 6.42 Å². The van der Waals surface area contributed by atoms with Gasteiger partial charge in [0.15, 0.2) is 0 Å². The molecule has 1 aromatic rings. The summed E-state index contributed by atoms with van der Waals surface area (Å²) in [4.78, 5) is 29.2. The van der Waals surface area contributed by atoms with Crippen LogP contribution in [0.2, 0.25) is 0 Å². The average molecular weight is 356 g/mol. The number of amides is 2. The molecule has 2 spiro atoms. The third-order valence-electron chi connectivity index (χ3n) is 7.65. The van der Waals surface area contributed by atoms with Gasteiger partial charge < -0.3 is 14.2 Å². The largest absolute Gasteiger partial charge is 0.467 e. The number of furan rings is 1. The smallest absolute Gasteiger partial charge is 0.226 e. The van der Waals surface area contributed by atoms with Crippen LogP contribution in [0.15, 0.2) is 22.8 Å². The van der Waals surface area contributed by atoms with Crippen molar-refractivity contribution in [2.24, 2.45) is 16.7 Å². The highest BCUT2D eigenvalue weighted by Gasteiger charge is 2.61. The first-order chi connectivity index (χ1) is 12.6. The molecule has 0 N–H and O–H groups in total. The molecule has 0 aromatic carbocycles.